The van der Waals surface area contributed by atoms with Crippen LogP contribution in [0, 0.1) is 0 Å². The molecule has 1 unspecified atom stereocenters. The molecule has 1 heterocycles. The van der Waals surface area contributed by atoms with E-state index in [0.717, 1.165) is 33.4 Å². The average molecular weight is 750 g/mol. The van der Waals surface area contributed by atoms with Crippen LogP contribution in [0.2, 0.25) is 0 Å². The molecule has 9 aromatic carbocycles. The third-order valence-electron chi connectivity index (χ3n) is 12.3. The van der Waals surface area contributed by atoms with E-state index in [1.165, 1.54) is 60.8 Å². The highest BCUT2D eigenvalue weighted by Crippen LogP contribution is 2.65. The molecule has 0 aliphatic heterocycles. The summed E-state index contributed by atoms with van der Waals surface area (Å²) in [6.45, 7) is 0. The van der Waals surface area contributed by atoms with E-state index in [2.05, 4.69) is 200 Å². The van der Waals surface area contributed by atoms with Gasteiger partial charge in [-0.05, 0) is 83.6 Å². The van der Waals surface area contributed by atoms with Gasteiger partial charge in [-0.1, -0.05) is 206 Å². The molecular formula is C56H35N3. The van der Waals surface area contributed by atoms with Crippen molar-refractivity contribution in [1.29, 1.82) is 0 Å². The van der Waals surface area contributed by atoms with Crippen LogP contribution in [0.25, 0.3) is 89.4 Å². The standard InChI is InChI=1S/C56H35N3/c1-3-15-36(16-4-1)38-29-31-40(32-30-38)53-57-54(42-21-13-20-41(35-42)37-17-5-2-6-18-37)59-55(58-53)47-25-14-28-50-51(47)46-24-10-12-27-49(46)56(50)48-26-11-9-23-44(48)45-34-33-39-19-7-8-22-43(39)52(45)56/h1-35H. The second-order valence-corrected chi connectivity index (χ2v) is 15.5. The lowest BCUT2D eigenvalue weighted by atomic mass is 9.69. The number of aromatic nitrogens is 3. The summed E-state index contributed by atoms with van der Waals surface area (Å²) in [5, 5.41) is 2.51. The highest BCUT2D eigenvalue weighted by atomic mass is 15.0. The van der Waals surface area contributed by atoms with Crippen LogP contribution in [-0.2, 0) is 5.41 Å². The summed E-state index contributed by atoms with van der Waals surface area (Å²) in [6, 6.07) is 76.2. The molecule has 3 nitrogen and oxygen atoms in total. The molecule has 274 valence electrons. The van der Waals surface area contributed by atoms with Gasteiger partial charge in [-0.2, -0.15) is 0 Å². The zero-order valence-corrected chi connectivity index (χ0v) is 32.0. The normalized spacial score (nSPS) is 14.5. The summed E-state index contributed by atoms with van der Waals surface area (Å²) in [6.07, 6.45) is 0. The van der Waals surface area contributed by atoms with E-state index < -0.39 is 5.41 Å². The van der Waals surface area contributed by atoms with Gasteiger partial charge in [-0.15, -0.1) is 0 Å². The number of hydrogen-bond donors (Lipinski definition) is 0. The Morgan fingerprint density at radius 1 is 0.288 bits per heavy atom. The monoisotopic (exact) mass is 749 g/mol. The third kappa shape index (κ3) is 5.05. The molecule has 1 aromatic heterocycles. The van der Waals surface area contributed by atoms with Gasteiger partial charge in [-0.25, -0.2) is 15.0 Å². The summed E-state index contributed by atoms with van der Waals surface area (Å²) in [5.74, 6) is 1.92. The van der Waals surface area contributed by atoms with E-state index in [-0.39, 0.29) is 0 Å². The molecule has 2 aliphatic carbocycles. The van der Waals surface area contributed by atoms with E-state index in [9.17, 15) is 0 Å². The van der Waals surface area contributed by atoms with Crippen LogP contribution in [0.1, 0.15) is 22.3 Å². The van der Waals surface area contributed by atoms with Crippen LogP contribution in [0.15, 0.2) is 212 Å². The first-order valence-corrected chi connectivity index (χ1v) is 20.2. The first-order valence-electron chi connectivity index (χ1n) is 20.2. The molecule has 0 saturated carbocycles. The van der Waals surface area contributed by atoms with Gasteiger partial charge < -0.3 is 0 Å². The number of fused-ring (bicyclic) bond motifs is 12. The maximum absolute atomic E-state index is 5.38. The van der Waals surface area contributed by atoms with E-state index in [1.54, 1.807) is 0 Å². The quantitative estimate of drug-likeness (QED) is 0.176. The van der Waals surface area contributed by atoms with Crippen LogP contribution in [-0.4, -0.2) is 15.0 Å². The van der Waals surface area contributed by atoms with Gasteiger partial charge in [0.2, 0.25) is 0 Å². The second kappa shape index (κ2) is 13.2. The zero-order valence-electron chi connectivity index (χ0n) is 32.0. The Labute approximate surface area is 343 Å². The molecule has 59 heavy (non-hydrogen) atoms. The number of rotatable bonds is 5. The Balaban J connectivity index is 1.11. The van der Waals surface area contributed by atoms with Gasteiger partial charge in [0, 0.05) is 16.7 Å². The van der Waals surface area contributed by atoms with Crippen molar-refractivity contribution in [2.45, 2.75) is 5.41 Å². The predicted octanol–water partition coefficient (Wildman–Crippen LogP) is 13.7. The minimum atomic E-state index is -0.523. The number of hydrogen-bond acceptors (Lipinski definition) is 3. The van der Waals surface area contributed by atoms with Crippen LogP contribution in [0.4, 0.5) is 0 Å². The largest absolute Gasteiger partial charge is 0.208 e. The predicted molar refractivity (Wildman–Crippen MR) is 241 cm³/mol. The van der Waals surface area contributed by atoms with Crippen molar-refractivity contribution in [2.24, 2.45) is 0 Å². The average Bonchev–Trinajstić information content (AvgIpc) is 3.80. The van der Waals surface area contributed by atoms with E-state index in [0.29, 0.717) is 17.5 Å². The highest BCUT2D eigenvalue weighted by Gasteiger charge is 2.53. The molecule has 1 atom stereocenters. The van der Waals surface area contributed by atoms with Crippen molar-refractivity contribution in [3.8, 4) is 78.7 Å². The number of benzene rings is 9. The van der Waals surface area contributed by atoms with E-state index in [4.69, 9.17) is 15.0 Å². The first-order chi connectivity index (χ1) is 29.3. The fourth-order valence-corrected chi connectivity index (χ4v) is 9.82. The maximum atomic E-state index is 5.38. The Kier molecular flexibility index (Phi) is 7.45. The summed E-state index contributed by atoms with van der Waals surface area (Å²) >= 11 is 0. The maximum Gasteiger partial charge on any atom is 0.164 e. The van der Waals surface area contributed by atoms with Gasteiger partial charge in [0.1, 0.15) is 0 Å². The molecule has 1 spiro atoms. The fraction of sp³-hybridized carbons (Fsp3) is 0.0179. The third-order valence-corrected chi connectivity index (χ3v) is 12.3. The van der Waals surface area contributed by atoms with Crippen molar-refractivity contribution in [1.82, 2.24) is 15.0 Å². The van der Waals surface area contributed by atoms with E-state index >= 15 is 0 Å². The summed E-state index contributed by atoms with van der Waals surface area (Å²) in [7, 11) is 0. The van der Waals surface area contributed by atoms with Gasteiger partial charge >= 0.3 is 0 Å². The SMILES string of the molecule is c1ccc(-c2ccc(-c3nc(-c4cccc(-c5ccccc5)c4)nc(-c4cccc5c4-c4ccccc4C54c5ccccc5-c5ccc6ccccc6c54)n3)cc2)cc1. The molecule has 0 fully saturated rings. The van der Waals surface area contributed by atoms with Crippen LogP contribution >= 0.6 is 0 Å². The molecule has 0 N–H and O–H groups in total. The molecular weight excluding hydrogens is 715 g/mol. The Hall–Kier alpha value is -7.75. The minimum absolute atomic E-state index is 0.523. The van der Waals surface area contributed by atoms with E-state index in [1.807, 2.05) is 12.1 Å². The van der Waals surface area contributed by atoms with Crippen molar-refractivity contribution in [3.63, 3.8) is 0 Å². The van der Waals surface area contributed by atoms with Crippen LogP contribution < -0.4 is 0 Å². The Morgan fingerprint density at radius 2 is 0.797 bits per heavy atom. The zero-order chi connectivity index (χ0) is 38.9. The van der Waals surface area contributed by atoms with Crippen molar-refractivity contribution in [2.75, 3.05) is 0 Å². The van der Waals surface area contributed by atoms with Crippen molar-refractivity contribution < 1.29 is 0 Å². The molecule has 0 bridgehead atoms. The van der Waals surface area contributed by atoms with Crippen molar-refractivity contribution in [3.05, 3.63) is 235 Å². The molecule has 12 rings (SSSR count). The van der Waals surface area contributed by atoms with Gasteiger partial charge in [0.15, 0.2) is 17.5 Å². The lowest BCUT2D eigenvalue weighted by molar-refractivity contribution is 0.801. The minimum Gasteiger partial charge on any atom is -0.208 e. The summed E-state index contributed by atoms with van der Waals surface area (Å²) in [5.41, 5.74) is 17.0. The molecule has 0 radical (unpaired) electrons. The van der Waals surface area contributed by atoms with Crippen molar-refractivity contribution >= 4 is 10.8 Å². The second-order valence-electron chi connectivity index (χ2n) is 15.5. The molecule has 2 aliphatic rings. The lowest BCUT2D eigenvalue weighted by Gasteiger charge is -2.31. The topological polar surface area (TPSA) is 38.7 Å². The van der Waals surface area contributed by atoms with Gasteiger partial charge in [-0.3, -0.25) is 0 Å². The first kappa shape index (κ1) is 33.4. The Bertz CT molecular complexity index is 3260. The summed E-state index contributed by atoms with van der Waals surface area (Å²) < 4.78 is 0. The number of nitrogens with zero attached hydrogens (tertiary/aromatic N) is 3. The molecule has 0 saturated heterocycles. The summed E-state index contributed by atoms with van der Waals surface area (Å²) in [4.78, 5) is 16.0. The van der Waals surface area contributed by atoms with Gasteiger partial charge in [0.25, 0.3) is 0 Å². The molecule has 3 heteroatoms. The smallest absolute Gasteiger partial charge is 0.164 e. The van der Waals surface area contributed by atoms with Crippen LogP contribution in [0.5, 0.6) is 0 Å². The van der Waals surface area contributed by atoms with Gasteiger partial charge in [0.05, 0.1) is 5.41 Å². The van der Waals surface area contributed by atoms with Crippen LogP contribution in [0.3, 0.4) is 0 Å². The lowest BCUT2D eigenvalue weighted by Crippen LogP contribution is -2.26. The molecule has 0 amide bonds. The highest BCUT2D eigenvalue weighted by molar-refractivity contribution is 6.05. The Morgan fingerprint density at radius 3 is 1.58 bits per heavy atom. The fourth-order valence-electron chi connectivity index (χ4n) is 9.82. The molecule has 10 aromatic rings.